The van der Waals surface area contributed by atoms with Crippen molar-refractivity contribution in [1.82, 2.24) is 14.2 Å². The molecular formula is C28H38N4O4S2. The van der Waals surface area contributed by atoms with Gasteiger partial charge in [-0.25, -0.2) is 13.4 Å². The number of amides is 1. The molecule has 0 radical (unpaired) electrons. The lowest BCUT2D eigenvalue weighted by Crippen LogP contribution is -2.39. The standard InChI is InChI=1S/C28H38N4O4S2/c1-4-6-16-31(5-2)38(34,35)24-13-11-23(12-14-24)27(33)32(17-8-15-30-18-20-36-21-19-30)28-29-26-22(3)9-7-10-25(26)37-28/h7,9-14H,4-6,8,15-21H2,1-3H3. The van der Waals surface area contributed by atoms with E-state index in [1.807, 2.05) is 39.0 Å². The molecule has 1 amide bonds. The fraction of sp³-hybridized carbons (Fsp3) is 0.500. The van der Waals surface area contributed by atoms with Crippen LogP contribution in [0.1, 0.15) is 49.0 Å². The minimum atomic E-state index is -3.60. The highest BCUT2D eigenvalue weighted by atomic mass is 32.2. The van der Waals surface area contributed by atoms with E-state index in [1.165, 1.54) is 15.6 Å². The number of hydrogen-bond donors (Lipinski definition) is 0. The average Bonchev–Trinajstić information content (AvgIpc) is 3.37. The number of hydrogen-bond acceptors (Lipinski definition) is 7. The van der Waals surface area contributed by atoms with Crippen LogP contribution in [-0.4, -0.2) is 81.0 Å². The van der Waals surface area contributed by atoms with Gasteiger partial charge in [0.2, 0.25) is 10.0 Å². The van der Waals surface area contributed by atoms with Gasteiger partial charge in [-0.2, -0.15) is 4.31 Å². The molecule has 8 nitrogen and oxygen atoms in total. The van der Waals surface area contributed by atoms with Gasteiger partial charge in [-0.15, -0.1) is 0 Å². The molecule has 10 heteroatoms. The Kier molecular flexibility index (Phi) is 9.89. The van der Waals surface area contributed by atoms with E-state index >= 15 is 0 Å². The molecule has 206 valence electrons. The van der Waals surface area contributed by atoms with E-state index in [0.717, 1.165) is 67.9 Å². The van der Waals surface area contributed by atoms with Gasteiger partial charge in [0.25, 0.3) is 5.91 Å². The van der Waals surface area contributed by atoms with E-state index in [0.29, 0.717) is 30.3 Å². The first-order chi connectivity index (χ1) is 18.3. The minimum absolute atomic E-state index is 0.175. The first kappa shape index (κ1) is 28.6. The molecule has 38 heavy (non-hydrogen) atoms. The highest BCUT2D eigenvalue weighted by Crippen LogP contribution is 2.32. The molecule has 1 aliphatic rings. The van der Waals surface area contributed by atoms with Crippen LogP contribution >= 0.6 is 11.3 Å². The molecule has 0 bridgehead atoms. The number of carbonyl (C=O) groups is 1. The van der Waals surface area contributed by atoms with Gasteiger partial charge in [-0.3, -0.25) is 14.6 Å². The van der Waals surface area contributed by atoms with E-state index in [-0.39, 0.29) is 10.8 Å². The first-order valence-corrected chi connectivity index (χ1v) is 15.7. The molecule has 0 atom stereocenters. The molecule has 1 aliphatic heterocycles. The Morgan fingerprint density at radius 1 is 1.05 bits per heavy atom. The van der Waals surface area contributed by atoms with E-state index in [9.17, 15) is 13.2 Å². The molecule has 0 spiro atoms. The van der Waals surface area contributed by atoms with Gasteiger partial charge in [0.1, 0.15) is 0 Å². The predicted molar refractivity (Wildman–Crippen MR) is 154 cm³/mol. The Morgan fingerprint density at radius 2 is 1.79 bits per heavy atom. The number of morpholine rings is 1. The lowest BCUT2D eigenvalue weighted by molar-refractivity contribution is 0.0376. The summed E-state index contributed by atoms with van der Waals surface area (Å²) in [6, 6.07) is 12.4. The number of aromatic nitrogens is 1. The zero-order chi connectivity index (χ0) is 27.1. The van der Waals surface area contributed by atoms with Gasteiger partial charge < -0.3 is 4.74 Å². The molecule has 2 aromatic carbocycles. The van der Waals surface area contributed by atoms with Gasteiger partial charge in [-0.1, -0.05) is 43.7 Å². The number of unbranched alkanes of at least 4 members (excludes halogenated alkanes) is 1. The molecule has 1 saturated heterocycles. The number of thiazole rings is 1. The molecule has 2 heterocycles. The highest BCUT2D eigenvalue weighted by molar-refractivity contribution is 7.89. The maximum absolute atomic E-state index is 13.8. The van der Waals surface area contributed by atoms with Crippen molar-refractivity contribution in [3.05, 3.63) is 53.6 Å². The molecule has 1 fully saturated rings. The van der Waals surface area contributed by atoms with Crippen LogP contribution in [0.3, 0.4) is 0 Å². The number of anilines is 1. The Bertz CT molecular complexity index is 1320. The molecule has 1 aromatic heterocycles. The van der Waals surface area contributed by atoms with Crippen LogP contribution in [0.2, 0.25) is 0 Å². The Labute approximate surface area is 230 Å². The number of fused-ring (bicyclic) bond motifs is 1. The Balaban J connectivity index is 1.57. The summed E-state index contributed by atoms with van der Waals surface area (Å²) in [5.41, 5.74) is 2.43. The number of para-hydroxylation sites is 1. The summed E-state index contributed by atoms with van der Waals surface area (Å²) in [6.45, 7) is 11.5. The number of carbonyl (C=O) groups excluding carboxylic acids is 1. The quantitative estimate of drug-likeness (QED) is 0.318. The van der Waals surface area contributed by atoms with Gasteiger partial charge >= 0.3 is 0 Å². The summed E-state index contributed by atoms with van der Waals surface area (Å²) < 4.78 is 34.3. The van der Waals surface area contributed by atoms with Crippen LogP contribution in [0.5, 0.6) is 0 Å². The predicted octanol–water partition coefficient (Wildman–Crippen LogP) is 4.78. The van der Waals surface area contributed by atoms with Crippen molar-refractivity contribution in [2.75, 3.05) is 57.4 Å². The molecule has 4 rings (SSSR count). The van der Waals surface area contributed by atoms with E-state index < -0.39 is 10.0 Å². The summed E-state index contributed by atoms with van der Waals surface area (Å²) in [5.74, 6) is -0.175. The van der Waals surface area contributed by atoms with Crippen molar-refractivity contribution in [2.45, 2.75) is 44.9 Å². The largest absolute Gasteiger partial charge is 0.379 e. The van der Waals surface area contributed by atoms with Crippen molar-refractivity contribution in [3.8, 4) is 0 Å². The van der Waals surface area contributed by atoms with Crippen LogP contribution in [-0.2, 0) is 14.8 Å². The minimum Gasteiger partial charge on any atom is -0.379 e. The van der Waals surface area contributed by atoms with Crippen LogP contribution in [0.15, 0.2) is 47.4 Å². The van der Waals surface area contributed by atoms with E-state index in [2.05, 4.69) is 4.90 Å². The van der Waals surface area contributed by atoms with Crippen LogP contribution < -0.4 is 4.90 Å². The Hall–Kier alpha value is -2.37. The smallest absolute Gasteiger partial charge is 0.260 e. The summed E-state index contributed by atoms with van der Waals surface area (Å²) in [4.78, 5) is 22.9. The molecule has 0 unspecified atom stereocenters. The lowest BCUT2D eigenvalue weighted by Gasteiger charge is -2.27. The molecule has 0 saturated carbocycles. The fourth-order valence-electron chi connectivity index (χ4n) is 4.61. The zero-order valence-electron chi connectivity index (χ0n) is 22.6. The van der Waals surface area contributed by atoms with E-state index in [1.54, 1.807) is 29.2 Å². The third kappa shape index (κ3) is 6.60. The second-order valence-corrected chi connectivity index (χ2v) is 12.5. The monoisotopic (exact) mass is 558 g/mol. The maximum Gasteiger partial charge on any atom is 0.260 e. The summed E-state index contributed by atoms with van der Waals surface area (Å²) in [7, 11) is -3.60. The molecule has 0 N–H and O–H groups in total. The van der Waals surface area contributed by atoms with Crippen molar-refractivity contribution in [3.63, 3.8) is 0 Å². The van der Waals surface area contributed by atoms with Crippen molar-refractivity contribution < 1.29 is 17.9 Å². The maximum atomic E-state index is 13.8. The Morgan fingerprint density at radius 3 is 2.45 bits per heavy atom. The third-order valence-corrected chi connectivity index (χ3v) is 9.93. The van der Waals surface area contributed by atoms with Crippen LogP contribution in [0.25, 0.3) is 10.2 Å². The first-order valence-electron chi connectivity index (χ1n) is 13.4. The van der Waals surface area contributed by atoms with Crippen molar-refractivity contribution in [1.29, 1.82) is 0 Å². The van der Waals surface area contributed by atoms with Crippen LogP contribution in [0, 0.1) is 6.92 Å². The van der Waals surface area contributed by atoms with Gasteiger partial charge in [0, 0.05) is 44.8 Å². The number of sulfonamides is 1. The number of ether oxygens (including phenoxy) is 1. The van der Waals surface area contributed by atoms with Gasteiger partial charge in [0.05, 0.1) is 28.3 Å². The summed E-state index contributed by atoms with van der Waals surface area (Å²) >= 11 is 1.51. The SMILES string of the molecule is CCCCN(CC)S(=O)(=O)c1ccc(C(=O)N(CCCN2CCOCC2)c2nc3c(C)cccc3s2)cc1. The number of benzene rings is 2. The number of rotatable bonds is 12. The topological polar surface area (TPSA) is 83.1 Å². The second-order valence-electron chi connectivity index (χ2n) is 9.56. The molecule has 3 aromatic rings. The number of nitrogens with zero attached hydrogens (tertiary/aromatic N) is 4. The average molecular weight is 559 g/mol. The van der Waals surface area contributed by atoms with Crippen LogP contribution in [0.4, 0.5) is 5.13 Å². The highest BCUT2D eigenvalue weighted by Gasteiger charge is 2.25. The van der Waals surface area contributed by atoms with Gasteiger partial charge in [-0.05, 0) is 55.7 Å². The lowest BCUT2D eigenvalue weighted by atomic mass is 10.2. The van der Waals surface area contributed by atoms with Gasteiger partial charge in [0.15, 0.2) is 5.13 Å². The summed E-state index contributed by atoms with van der Waals surface area (Å²) in [5, 5.41) is 0.662. The molecular weight excluding hydrogens is 520 g/mol. The normalized spacial score (nSPS) is 14.8. The summed E-state index contributed by atoms with van der Waals surface area (Å²) in [6.07, 6.45) is 2.53. The van der Waals surface area contributed by atoms with Crippen molar-refractivity contribution >= 4 is 42.6 Å². The second kappa shape index (κ2) is 13.1. The third-order valence-electron chi connectivity index (χ3n) is 6.90. The zero-order valence-corrected chi connectivity index (χ0v) is 24.2. The number of aryl methyl sites for hydroxylation is 1. The van der Waals surface area contributed by atoms with E-state index in [4.69, 9.17) is 9.72 Å². The fourth-order valence-corrected chi connectivity index (χ4v) is 7.16. The molecule has 0 aliphatic carbocycles. The van der Waals surface area contributed by atoms with Crippen molar-refractivity contribution in [2.24, 2.45) is 0 Å².